The van der Waals surface area contributed by atoms with Crippen LogP contribution in [-0.2, 0) is 0 Å². The molecule has 0 bridgehead atoms. The first-order valence-corrected chi connectivity index (χ1v) is 4.68. The molecular weight excluding hydrogens is 115 g/mol. The van der Waals surface area contributed by atoms with Gasteiger partial charge in [-0.15, -0.1) is 8.58 Å². The molecule has 0 aliphatic carbocycles. The first-order valence-electron chi connectivity index (χ1n) is 3.27. The van der Waals surface area contributed by atoms with E-state index in [0.717, 1.165) is 0 Å². The molecule has 1 heteroatoms. The van der Waals surface area contributed by atoms with Crippen LogP contribution in [0.25, 0.3) is 0 Å². The van der Waals surface area contributed by atoms with Gasteiger partial charge in [-0.05, 0) is 17.7 Å². The van der Waals surface area contributed by atoms with Crippen molar-refractivity contribution in [3.8, 4) is 0 Å². The Morgan fingerprint density at radius 1 is 1.25 bits per heavy atom. The Kier molecular flexibility index (Phi) is 3.64. The second kappa shape index (κ2) is 3.45. The van der Waals surface area contributed by atoms with Gasteiger partial charge in [0.05, 0.1) is 0 Å². The quantitative estimate of drug-likeness (QED) is 0.507. The van der Waals surface area contributed by atoms with E-state index in [1.54, 1.807) is 0 Å². The van der Waals surface area contributed by atoms with Gasteiger partial charge in [0.25, 0.3) is 0 Å². The Morgan fingerprint density at radius 2 is 1.75 bits per heavy atom. The molecule has 50 valence electrons. The third-order valence-electron chi connectivity index (χ3n) is 0.905. The van der Waals surface area contributed by atoms with Crippen molar-refractivity contribution in [3.63, 3.8) is 0 Å². The number of hydrogen-bond donors (Lipinski definition) is 0. The van der Waals surface area contributed by atoms with Crippen LogP contribution in [0.3, 0.4) is 0 Å². The van der Waals surface area contributed by atoms with Gasteiger partial charge in [0, 0.05) is 0 Å². The third-order valence-corrected chi connectivity index (χ3v) is 2.72. The van der Waals surface area contributed by atoms with Crippen molar-refractivity contribution in [2.24, 2.45) is 5.41 Å². The molecule has 0 fully saturated rings. The first-order chi connectivity index (χ1) is 3.56. The van der Waals surface area contributed by atoms with Gasteiger partial charge in [0.2, 0.25) is 0 Å². The Morgan fingerprint density at radius 3 is 1.88 bits per heavy atom. The Bertz CT molecular complexity index is 51.9. The van der Waals surface area contributed by atoms with E-state index in [2.05, 4.69) is 27.7 Å². The van der Waals surface area contributed by atoms with E-state index >= 15 is 0 Å². The maximum absolute atomic E-state index is 2.30. The topological polar surface area (TPSA) is 0 Å². The summed E-state index contributed by atoms with van der Waals surface area (Å²) in [5.41, 5.74) is 0.564. The maximum atomic E-state index is 2.30. The minimum atomic E-state index is 0.564. The van der Waals surface area contributed by atoms with E-state index in [0.29, 0.717) is 5.41 Å². The van der Waals surface area contributed by atoms with Crippen LogP contribution in [0, 0.1) is 5.41 Å². The summed E-state index contributed by atoms with van der Waals surface area (Å²) in [4.78, 5) is 0. The molecule has 0 aromatic carbocycles. The molecule has 0 saturated heterocycles. The van der Waals surface area contributed by atoms with Crippen LogP contribution in [0.4, 0.5) is 0 Å². The van der Waals surface area contributed by atoms with Gasteiger partial charge in [-0.3, -0.25) is 0 Å². The zero-order valence-electron chi connectivity index (χ0n) is 6.41. The largest absolute Gasteiger partial charge is 0.122 e. The summed E-state index contributed by atoms with van der Waals surface area (Å²) in [5, 5.41) is 0. The van der Waals surface area contributed by atoms with Crippen LogP contribution in [-0.4, -0.2) is 12.3 Å². The standard InChI is InChI=1S/C7H17P/c1-5-8-6-7(2,3)4/h8H,5-6H2,1-4H3. The molecular formula is C7H17P. The summed E-state index contributed by atoms with van der Waals surface area (Å²) in [5.74, 6) is 0. The highest BCUT2D eigenvalue weighted by molar-refractivity contribution is 7.37. The van der Waals surface area contributed by atoms with Gasteiger partial charge in [0.1, 0.15) is 0 Å². The monoisotopic (exact) mass is 132 g/mol. The van der Waals surface area contributed by atoms with Crippen LogP contribution in [0.15, 0.2) is 0 Å². The molecule has 0 amide bonds. The molecule has 0 spiro atoms. The van der Waals surface area contributed by atoms with Crippen molar-refractivity contribution in [2.75, 3.05) is 12.3 Å². The van der Waals surface area contributed by atoms with E-state index in [-0.39, 0.29) is 0 Å². The number of hydrogen-bond acceptors (Lipinski definition) is 0. The van der Waals surface area contributed by atoms with E-state index in [1.165, 1.54) is 20.9 Å². The summed E-state index contributed by atoms with van der Waals surface area (Å²) < 4.78 is 0. The van der Waals surface area contributed by atoms with E-state index in [4.69, 9.17) is 0 Å². The van der Waals surface area contributed by atoms with Crippen LogP contribution in [0.1, 0.15) is 27.7 Å². The van der Waals surface area contributed by atoms with Crippen molar-refractivity contribution in [1.82, 2.24) is 0 Å². The highest BCUT2D eigenvalue weighted by Gasteiger charge is 2.07. The lowest BCUT2D eigenvalue weighted by Crippen LogP contribution is -2.06. The smallest absolute Gasteiger partial charge is 0.0305 e. The van der Waals surface area contributed by atoms with Crippen molar-refractivity contribution < 1.29 is 0 Å². The van der Waals surface area contributed by atoms with Crippen molar-refractivity contribution in [1.29, 1.82) is 0 Å². The summed E-state index contributed by atoms with van der Waals surface area (Å²) in [6.45, 7) is 9.16. The van der Waals surface area contributed by atoms with Gasteiger partial charge < -0.3 is 0 Å². The van der Waals surface area contributed by atoms with Crippen molar-refractivity contribution in [2.45, 2.75) is 27.7 Å². The molecule has 0 aliphatic rings. The molecule has 8 heavy (non-hydrogen) atoms. The summed E-state index contributed by atoms with van der Waals surface area (Å²) in [6.07, 6.45) is 2.75. The summed E-state index contributed by atoms with van der Waals surface area (Å²) in [6, 6.07) is 0. The zero-order chi connectivity index (χ0) is 6.62. The van der Waals surface area contributed by atoms with Crippen LogP contribution < -0.4 is 0 Å². The molecule has 0 nitrogen and oxygen atoms in total. The lowest BCUT2D eigenvalue weighted by Gasteiger charge is -2.16. The zero-order valence-corrected chi connectivity index (χ0v) is 7.41. The summed E-state index contributed by atoms with van der Waals surface area (Å²) in [7, 11) is 1.17. The molecule has 0 radical (unpaired) electrons. The predicted octanol–water partition coefficient (Wildman–Crippen LogP) is 2.73. The van der Waals surface area contributed by atoms with E-state index in [1.807, 2.05) is 0 Å². The molecule has 0 heterocycles. The average Bonchev–Trinajstić information content (AvgIpc) is 1.59. The molecule has 1 unspecified atom stereocenters. The van der Waals surface area contributed by atoms with E-state index < -0.39 is 0 Å². The van der Waals surface area contributed by atoms with Crippen LogP contribution in [0.5, 0.6) is 0 Å². The van der Waals surface area contributed by atoms with Crippen LogP contribution in [0.2, 0.25) is 0 Å². The highest BCUT2D eigenvalue weighted by Crippen LogP contribution is 2.23. The SMILES string of the molecule is CCPCC(C)(C)C. The Labute approximate surface area is 54.8 Å². The fourth-order valence-electron chi connectivity index (χ4n) is 0.500. The second-order valence-corrected chi connectivity index (χ2v) is 4.90. The summed E-state index contributed by atoms with van der Waals surface area (Å²) >= 11 is 0. The fraction of sp³-hybridized carbons (Fsp3) is 1.00. The lowest BCUT2D eigenvalue weighted by molar-refractivity contribution is 0.479. The second-order valence-electron chi connectivity index (χ2n) is 3.34. The maximum Gasteiger partial charge on any atom is -0.0305 e. The molecule has 0 aromatic heterocycles. The minimum Gasteiger partial charge on any atom is -0.122 e. The van der Waals surface area contributed by atoms with Gasteiger partial charge in [-0.1, -0.05) is 27.7 Å². The predicted molar refractivity (Wildman–Crippen MR) is 43.2 cm³/mol. The third kappa shape index (κ3) is 6.43. The molecule has 0 aliphatic heterocycles. The van der Waals surface area contributed by atoms with Crippen molar-refractivity contribution in [3.05, 3.63) is 0 Å². The average molecular weight is 132 g/mol. The molecule has 0 aromatic rings. The van der Waals surface area contributed by atoms with Crippen LogP contribution >= 0.6 is 8.58 Å². The fourth-order valence-corrected chi connectivity index (χ4v) is 1.50. The van der Waals surface area contributed by atoms with Gasteiger partial charge >= 0.3 is 0 Å². The Balaban J connectivity index is 3.11. The van der Waals surface area contributed by atoms with Gasteiger partial charge in [-0.2, -0.15) is 0 Å². The molecule has 1 atom stereocenters. The lowest BCUT2D eigenvalue weighted by atomic mass is 10.0. The van der Waals surface area contributed by atoms with Gasteiger partial charge in [-0.25, -0.2) is 0 Å². The molecule has 0 saturated carbocycles. The normalized spacial score (nSPS) is 13.5. The first kappa shape index (κ1) is 8.43. The number of rotatable bonds is 2. The highest BCUT2D eigenvalue weighted by atomic mass is 31.1. The van der Waals surface area contributed by atoms with E-state index in [9.17, 15) is 0 Å². The molecule has 0 N–H and O–H groups in total. The van der Waals surface area contributed by atoms with Gasteiger partial charge in [0.15, 0.2) is 0 Å². The van der Waals surface area contributed by atoms with Crippen molar-refractivity contribution >= 4 is 8.58 Å². The minimum absolute atomic E-state index is 0.564. The molecule has 0 rings (SSSR count). The Hall–Kier alpha value is 0.430.